The number of fused-ring (bicyclic) bond motifs is 2. The van der Waals surface area contributed by atoms with E-state index >= 15 is 0 Å². The molecular formula is C13H6BrClN4S. The van der Waals surface area contributed by atoms with Gasteiger partial charge in [-0.2, -0.15) is 4.98 Å². The minimum absolute atomic E-state index is 0.251. The van der Waals surface area contributed by atoms with E-state index < -0.39 is 0 Å². The molecule has 0 spiro atoms. The number of hydrogen-bond donors (Lipinski definition) is 0. The standard InChI is InChI=1S/C13H6BrClN4S/c14-10-5-9-7(6-16-10)1-3-19(9)12-11-8(2-4-20-11)17-13(15)18-12/h1-6H. The predicted molar refractivity (Wildman–Crippen MR) is 84.8 cm³/mol. The molecule has 98 valence electrons. The molecule has 0 aromatic carbocycles. The van der Waals surface area contributed by atoms with Crippen LogP contribution in [0.1, 0.15) is 0 Å². The van der Waals surface area contributed by atoms with Gasteiger partial charge in [0.1, 0.15) is 4.60 Å². The minimum atomic E-state index is 0.251. The van der Waals surface area contributed by atoms with Gasteiger partial charge in [0, 0.05) is 17.8 Å². The summed E-state index contributed by atoms with van der Waals surface area (Å²) in [6.45, 7) is 0. The molecule has 4 aromatic rings. The molecule has 20 heavy (non-hydrogen) atoms. The highest BCUT2D eigenvalue weighted by molar-refractivity contribution is 9.10. The fraction of sp³-hybridized carbons (Fsp3) is 0. The Morgan fingerprint density at radius 3 is 3.05 bits per heavy atom. The Kier molecular flexibility index (Phi) is 2.76. The highest BCUT2D eigenvalue weighted by Crippen LogP contribution is 2.29. The van der Waals surface area contributed by atoms with Crippen molar-refractivity contribution in [2.75, 3.05) is 0 Å². The monoisotopic (exact) mass is 364 g/mol. The highest BCUT2D eigenvalue weighted by atomic mass is 79.9. The van der Waals surface area contributed by atoms with Crippen molar-refractivity contribution in [2.45, 2.75) is 0 Å². The van der Waals surface area contributed by atoms with Crippen LogP contribution >= 0.6 is 38.9 Å². The fourth-order valence-corrected chi connectivity index (χ4v) is 3.48. The van der Waals surface area contributed by atoms with Crippen LogP contribution in [0, 0.1) is 0 Å². The van der Waals surface area contributed by atoms with E-state index in [1.165, 1.54) is 0 Å². The first-order valence-electron chi connectivity index (χ1n) is 5.76. The summed E-state index contributed by atoms with van der Waals surface area (Å²) in [6.07, 6.45) is 3.79. The molecule has 0 aliphatic heterocycles. The van der Waals surface area contributed by atoms with E-state index in [0.717, 1.165) is 31.5 Å². The van der Waals surface area contributed by atoms with Crippen molar-refractivity contribution in [1.82, 2.24) is 19.5 Å². The maximum absolute atomic E-state index is 6.03. The lowest BCUT2D eigenvalue weighted by atomic mass is 10.3. The third-order valence-electron chi connectivity index (χ3n) is 3.03. The van der Waals surface area contributed by atoms with Gasteiger partial charge in [-0.1, -0.05) is 0 Å². The van der Waals surface area contributed by atoms with Gasteiger partial charge in [0.25, 0.3) is 0 Å². The number of hydrogen-bond acceptors (Lipinski definition) is 4. The second-order valence-corrected chi connectivity index (χ2v) is 6.27. The average molecular weight is 366 g/mol. The van der Waals surface area contributed by atoms with E-state index in [1.54, 1.807) is 11.3 Å². The smallest absolute Gasteiger partial charge is 0.224 e. The van der Waals surface area contributed by atoms with E-state index in [9.17, 15) is 0 Å². The Bertz CT molecular complexity index is 946. The summed E-state index contributed by atoms with van der Waals surface area (Å²) in [6, 6.07) is 5.91. The van der Waals surface area contributed by atoms with Crippen molar-refractivity contribution >= 4 is 60.0 Å². The molecule has 0 atom stereocenters. The van der Waals surface area contributed by atoms with Gasteiger partial charge in [0.05, 0.1) is 15.7 Å². The summed E-state index contributed by atoms with van der Waals surface area (Å²) in [4.78, 5) is 12.9. The van der Waals surface area contributed by atoms with Gasteiger partial charge >= 0.3 is 0 Å². The number of pyridine rings is 1. The van der Waals surface area contributed by atoms with Crippen LogP contribution in [0.25, 0.3) is 26.9 Å². The molecule has 4 rings (SSSR count). The average Bonchev–Trinajstić information content (AvgIpc) is 3.03. The molecule has 4 aromatic heterocycles. The van der Waals surface area contributed by atoms with Crippen molar-refractivity contribution < 1.29 is 0 Å². The summed E-state index contributed by atoms with van der Waals surface area (Å²) in [5, 5.41) is 3.29. The van der Waals surface area contributed by atoms with Gasteiger partial charge in [-0.25, -0.2) is 9.97 Å². The molecule has 0 aliphatic rings. The third-order valence-corrected chi connectivity index (χ3v) is 4.53. The van der Waals surface area contributed by atoms with Crippen LogP contribution in [0.3, 0.4) is 0 Å². The lowest BCUT2D eigenvalue weighted by Crippen LogP contribution is -1.98. The summed E-state index contributed by atoms with van der Waals surface area (Å²) in [5.74, 6) is 0.795. The fourth-order valence-electron chi connectivity index (χ4n) is 2.17. The highest BCUT2D eigenvalue weighted by Gasteiger charge is 2.12. The van der Waals surface area contributed by atoms with E-state index in [-0.39, 0.29) is 5.28 Å². The van der Waals surface area contributed by atoms with Crippen molar-refractivity contribution in [3.63, 3.8) is 0 Å². The van der Waals surface area contributed by atoms with Crippen molar-refractivity contribution in [3.8, 4) is 5.82 Å². The molecule has 0 unspecified atom stereocenters. The zero-order valence-electron chi connectivity index (χ0n) is 9.92. The Morgan fingerprint density at radius 1 is 1.25 bits per heavy atom. The van der Waals surface area contributed by atoms with Gasteiger partial charge in [0.15, 0.2) is 5.82 Å². The first-order valence-corrected chi connectivity index (χ1v) is 7.81. The molecule has 0 aliphatic carbocycles. The normalized spacial score (nSPS) is 11.5. The maximum Gasteiger partial charge on any atom is 0.224 e. The SMILES string of the molecule is Clc1nc(-n2ccc3cnc(Br)cc32)c2sccc2n1. The van der Waals surface area contributed by atoms with Crippen LogP contribution in [0.2, 0.25) is 5.28 Å². The topological polar surface area (TPSA) is 43.6 Å². The summed E-state index contributed by atoms with van der Waals surface area (Å²) >= 11 is 11.0. The number of halogens is 2. The summed E-state index contributed by atoms with van der Waals surface area (Å²) in [5.41, 5.74) is 1.89. The van der Waals surface area contributed by atoms with Crippen LogP contribution in [0.15, 0.2) is 40.6 Å². The molecule has 0 N–H and O–H groups in total. The van der Waals surface area contributed by atoms with E-state index in [2.05, 4.69) is 30.9 Å². The largest absolute Gasteiger partial charge is 0.300 e. The molecular weight excluding hydrogens is 360 g/mol. The lowest BCUT2D eigenvalue weighted by Gasteiger charge is -2.06. The molecule has 0 bridgehead atoms. The van der Waals surface area contributed by atoms with Crippen LogP contribution in [-0.2, 0) is 0 Å². The number of aromatic nitrogens is 4. The maximum atomic E-state index is 6.03. The molecule has 0 saturated heterocycles. The zero-order chi connectivity index (χ0) is 13.7. The molecule has 0 fully saturated rings. The van der Waals surface area contributed by atoms with Gasteiger partial charge in [-0.3, -0.25) is 4.57 Å². The van der Waals surface area contributed by atoms with Gasteiger partial charge in [-0.15, -0.1) is 11.3 Å². The number of rotatable bonds is 1. The van der Waals surface area contributed by atoms with Crippen LogP contribution in [0.4, 0.5) is 0 Å². The van der Waals surface area contributed by atoms with Crippen LogP contribution in [0.5, 0.6) is 0 Å². The minimum Gasteiger partial charge on any atom is -0.300 e. The first kappa shape index (κ1) is 12.3. The number of nitrogens with zero attached hydrogens (tertiary/aromatic N) is 4. The Morgan fingerprint density at radius 2 is 2.15 bits per heavy atom. The van der Waals surface area contributed by atoms with Crippen LogP contribution < -0.4 is 0 Å². The van der Waals surface area contributed by atoms with Crippen LogP contribution in [-0.4, -0.2) is 19.5 Å². The Labute approximate surface area is 131 Å². The van der Waals surface area contributed by atoms with E-state index in [0.29, 0.717) is 0 Å². The summed E-state index contributed by atoms with van der Waals surface area (Å²) < 4.78 is 3.81. The molecule has 0 saturated carbocycles. The third kappa shape index (κ3) is 1.83. The van der Waals surface area contributed by atoms with Gasteiger partial charge < -0.3 is 0 Å². The zero-order valence-corrected chi connectivity index (χ0v) is 13.1. The lowest BCUT2D eigenvalue weighted by molar-refractivity contribution is 1.04. The molecule has 0 amide bonds. The molecule has 7 heteroatoms. The quantitative estimate of drug-likeness (QED) is 0.370. The van der Waals surface area contributed by atoms with E-state index in [1.807, 2.05) is 40.5 Å². The second-order valence-electron chi connectivity index (χ2n) is 4.20. The summed E-state index contributed by atoms with van der Waals surface area (Å²) in [7, 11) is 0. The predicted octanol–water partition coefficient (Wildman–Crippen LogP) is 4.45. The molecule has 4 heterocycles. The van der Waals surface area contributed by atoms with Crippen molar-refractivity contribution in [1.29, 1.82) is 0 Å². The van der Waals surface area contributed by atoms with Crippen molar-refractivity contribution in [3.05, 3.63) is 45.9 Å². The van der Waals surface area contributed by atoms with Gasteiger partial charge in [-0.05, 0) is 51.1 Å². The number of thiophene rings is 1. The molecule has 0 radical (unpaired) electrons. The van der Waals surface area contributed by atoms with Crippen molar-refractivity contribution in [2.24, 2.45) is 0 Å². The Balaban J connectivity index is 2.10. The Hall–Kier alpha value is -1.50. The second kappa shape index (κ2) is 4.51. The van der Waals surface area contributed by atoms with Gasteiger partial charge in [0.2, 0.25) is 5.28 Å². The first-order chi connectivity index (χ1) is 9.72. The van der Waals surface area contributed by atoms with E-state index in [4.69, 9.17) is 11.6 Å². The molecule has 4 nitrogen and oxygen atoms in total.